The second-order valence-electron chi connectivity index (χ2n) is 4.83. The van der Waals surface area contributed by atoms with Gasteiger partial charge in [-0.05, 0) is 17.7 Å². The number of hydrogen-bond donors (Lipinski definition) is 1. The van der Waals surface area contributed by atoms with Crippen molar-refractivity contribution < 1.29 is 13.2 Å². The first kappa shape index (κ1) is 13.8. The highest BCUT2D eigenvalue weighted by atomic mass is 35.5. The van der Waals surface area contributed by atoms with Crippen molar-refractivity contribution in [1.29, 1.82) is 0 Å². The first-order valence-corrected chi connectivity index (χ1v) is 7.86. The van der Waals surface area contributed by atoms with Crippen LogP contribution in [-0.4, -0.2) is 39.2 Å². The first-order valence-electron chi connectivity index (χ1n) is 5.53. The predicted octanol–water partition coefficient (Wildman–Crippen LogP) is 1.19. The molecule has 1 aromatic rings. The van der Waals surface area contributed by atoms with E-state index in [0.29, 0.717) is 5.02 Å². The second-order valence-corrected chi connectivity index (χ2v) is 7.43. The summed E-state index contributed by atoms with van der Waals surface area (Å²) in [4.78, 5) is 0. The number of benzene rings is 1. The van der Waals surface area contributed by atoms with Gasteiger partial charge in [0.1, 0.15) is 0 Å². The molecule has 0 radical (unpaired) electrons. The zero-order valence-electron chi connectivity index (χ0n) is 10.3. The van der Waals surface area contributed by atoms with Crippen molar-refractivity contribution >= 4 is 21.4 Å². The van der Waals surface area contributed by atoms with Gasteiger partial charge in [0.05, 0.1) is 17.4 Å². The zero-order valence-corrected chi connectivity index (χ0v) is 11.8. The Bertz CT molecular complexity index is 560. The Labute approximate surface area is 112 Å². The Morgan fingerprint density at radius 3 is 2.67 bits per heavy atom. The van der Waals surface area contributed by atoms with E-state index in [1.807, 2.05) is 6.07 Å². The molecule has 1 aliphatic carbocycles. The van der Waals surface area contributed by atoms with E-state index in [-0.39, 0.29) is 12.5 Å². The van der Waals surface area contributed by atoms with Gasteiger partial charge in [0.2, 0.25) is 0 Å². The molecule has 0 heterocycles. The van der Waals surface area contributed by atoms with E-state index >= 15 is 0 Å². The van der Waals surface area contributed by atoms with Crippen LogP contribution in [0.15, 0.2) is 24.3 Å². The summed E-state index contributed by atoms with van der Waals surface area (Å²) >= 11 is 5.93. The summed E-state index contributed by atoms with van der Waals surface area (Å²) in [6.07, 6.45) is 1.21. The van der Waals surface area contributed by atoms with Crippen LogP contribution in [0, 0.1) is 0 Å². The maximum Gasteiger partial charge on any atom is 0.152 e. The SMILES string of the molecule is COC[C@]1(N)[C@@H](c2cccc(Cl)c2)[C@@H]1S(C)(=O)=O. The molecule has 0 saturated heterocycles. The van der Waals surface area contributed by atoms with Crippen LogP contribution in [0.3, 0.4) is 0 Å². The highest BCUT2D eigenvalue weighted by Crippen LogP contribution is 2.54. The summed E-state index contributed by atoms with van der Waals surface area (Å²) in [6, 6.07) is 7.15. The maximum atomic E-state index is 11.8. The van der Waals surface area contributed by atoms with Crippen LogP contribution in [0.1, 0.15) is 11.5 Å². The molecule has 1 aliphatic rings. The van der Waals surface area contributed by atoms with E-state index in [9.17, 15) is 8.42 Å². The van der Waals surface area contributed by atoms with Gasteiger partial charge < -0.3 is 10.5 Å². The minimum absolute atomic E-state index is 0.210. The molecular weight excluding hydrogens is 274 g/mol. The largest absolute Gasteiger partial charge is 0.383 e. The highest BCUT2D eigenvalue weighted by molar-refractivity contribution is 7.91. The minimum atomic E-state index is -3.22. The lowest BCUT2D eigenvalue weighted by Gasteiger charge is -2.10. The van der Waals surface area contributed by atoms with Crippen LogP contribution in [0.5, 0.6) is 0 Å². The van der Waals surface area contributed by atoms with Gasteiger partial charge in [-0.2, -0.15) is 0 Å². The van der Waals surface area contributed by atoms with Gasteiger partial charge in [0.15, 0.2) is 9.84 Å². The van der Waals surface area contributed by atoms with Gasteiger partial charge in [-0.3, -0.25) is 0 Å². The van der Waals surface area contributed by atoms with Crippen LogP contribution in [0.4, 0.5) is 0 Å². The number of ether oxygens (including phenoxy) is 1. The Balaban J connectivity index is 2.39. The van der Waals surface area contributed by atoms with E-state index in [2.05, 4.69) is 0 Å². The summed E-state index contributed by atoms with van der Waals surface area (Å²) in [6.45, 7) is 0.210. The summed E-state index contributed by atoms with van der Waals surface area (Å²) < 4.78 is 28.6. The van der Waals surface area contributed by atoms with Crippen molar-refractivity contribution in [2.24, 2.45) is 5.73 Å². The quantitative estimate of drug-likeness (QED) is 0.904. The van der Waals surface area contributed by atoms with Crippen LogP contribution >= 0.6 is 11.6 Å². The summed E-state index contributed by atoms with van der Waals surface area (Å²) in [5.74, 6) is -0.258. The molecule has 0 amide bonds. The average molecular weight is 290 g/mol. The topological polar surface area (TPSA) is 69.4 Å². The fraction of sp³-hybridized carbons (Fsp3) is 0.500. The molecule has 18 heavy (non-hydrogen) atoms. The van der Waals surface area contributed by atoms with Gasteiger partial charge in [-0.1, -0.05) is 23.7 Å². The molecule has 100 valence electrons. The molecule has 2 N–H and O–H groups in total. The van der Waals surface area contributed by atoms with Gasteiger partial charge in [-0.25, -0.2) is 8.42 Å². The monoisotopic (exact) mass is 289 g/mol. The number of halogens is 1. The molecule has 2 rings (SSSR count). The number of sulfone groups is 1. The molecule has 3 atom stereocenters. The molecule has 0 aromatic heterocycles. The van der Waals surface area contributed by atoms with Crippen LogP contribution in [-0.2, 0) is 14.6 Å². The molecule has 0 bridgehead atoms. The third-order valence-corrected chi connectivity index (χ3v) is 5.23. The standard InChI is InChI=1S/C12H16ClNO3S/c1-17-7-12(14)10(11(12)18(2,15)16)8-4-3-5-9(13)6-8/h3-6,10-11H,7,14H2,1-2H3/t10-,11-,12-/m0/s1. The predicted molar refractivity (Wildman–Crippen MR) is 71.6 cm³/mol. The summed E-state index contributed by atoms with van der Waals surface area (Å²) in [5.41, 5.74) is 6.16. The molecule has 0 spiro atoms. The maximum absolute atomic E-state index is 11.8. The summed E-state index contributed by atoms with van der Waals surface area (Å²) in [5, 5.41) is -0.0326. The van der Waals surface area contributed by atoms with Gasteiger partial charge in [0, 0.05) is 24.3 Å². The Hall–Kier alpha value is -0.620. The van der Waals surface area contributed by atoms with E-state index in [1.54, 1.807) is 18.2 Å². The third-order valence-electron chi connectivity index (χ3n) is 3.37. The summed E-state index contributed by atoms with van der Waals surface area (Å²) in [7, 11) is -1.70. The Kier molecular flexibility index (Phi) is 3.44. The van der Waals surface area contributed by atoms with Crippen molar-refractivity contribution in [1.82, 2.24) is 0 Å². The average Bonchev–Trinajstić information content (AvgIpc) is 2.85. The van der Waals surface area contributed by atoms with Crippen molar-refractivity contribution in [3.8, 4) is 0 Å². The molecule has 1 saturated carbocycles. The molecular formula is C12H16ClNO3S. The van der Waals surface area contributed by atoms with Crippen molar-refractivity contribution in [3.63, 3.8) is 0 Å². The van der Waals surface area contributed by atoms with E-state index in [4.69, 9.17) is 22.1 Å². The molecule has 0 unspecified atom stereocenters. The molecule has 4 nitrogen and oxygen atoms in total. The number of rotatable bonds is 4. The lowest BCUT2D eigenvalue weighted by atomic mass is 10.1. The number of nitrogens with two attached hydrogens (primary N) is 1. The van der Waals surface area contributed by atoms with E-state index in [1.165, 1.54) is 13.4 Å². The Morgan fingerprint density at radius 1 is 1.50 bits per heavy atom. The second kappa shape index (κ2) is 4.49. The highest BCUT2D eigenvalue weighted by Gasteiger charge is 2.67. The molecule has 0 aliphatic heterocycles. The van der Waals surface area contributed by atoms with Crippen molar-refractivity contribution in [3.05, 3.63) is 34.9 Å². The van der Waals surface area contributed by atoms with Crippen LogP contribution in [0.25, 0.3) is 0 Å². The van der Waals surface area contributed by atoms with Gasteiger partial charge in [-0.15, -0.1) is 0 Å². The minimum Gasteiger partial charge on any atom is -0.383 e. The molecule has 1 fully saturated rings. The number of hydrogen-bond acceptors (Lipinski definition) is 4. The fourth-order valence-electron chi connectivity index (χ4n) is 2.68. The fourth-order valence-corrected chi connectivity index (χ4v) is 4.71. The van der Waals surface area contributed by atoms with Crippen LogP contribution < -0.4 is 5.73 Å². The lowest BCUT2D eigenvalue weighted by molar-refractivity contribution is 0.171. The third kappa shape index (κ3) is 2.28. The number of methoxy groups -OCH3 is 1. The van der Waals surface area contributed by atoms with Crippen LogP contribution in [0.2, 0.25) is 5.02 Å². The Morgan fingerprint density at radius 2 is 2.17 bits per heavy atom. The first-order chi connectivity index (χ1) is 8.30. The lowest BCUT2D eigenvalue weighted by Crippen LogP contribution is -2.35. The van der Waals surface area contributed by atoms with E-state index in [0.717, 1.165) is 5.56 Å². The smallest absolute Gasteiger partial charge is 0.152 e. The van der Waals surface area contributed by atoms with Gasteiger partial charge in [0.25, 0.3) is 0 Å². The van der Waals surface area contributed by atoms with Crippen molar-refractivity contribution in [2.75, 3.05) is 20.0 Å². The van der Waals surface area contributed by atoms with E-state index < -0.39 is 20.6 Å². The normalized spacial score (nSPS) is 31.3. The van der Waals surface area contributed by atoms with Crippen molar-refractivity contribution in [2.45, 2.75) is 16.7 Å². The molecule has 6 heteroatoms. The zero-order chi connectivity index (χ0) is 13.6. The molecule has 1 aromatic carbocycles. The van der Waals surface area contributed by atoms with Gasteiger partial charge >= 0.3 is 0 Å².